The van der Waals surface area contributed by atoms with Gasteiger partial charge in [-0.2, -0.15) is 0 Å². The molecule has 0 amide bonds. The highest BCUT2D eigenvalue weighted by Gasteiger charge is 2.40. The van der Waals surface area contributed by atoms with E-state index in [0.717, 1.165) is 29.3 Å². The van der Waals surface area contributed by atoms with Crippen LogP contribution in [0.25, 0.3) is 0 Å². The summed E-state index contributed by atoms with van der Waals surface area (Å²) < 4.78 is 7.30. The van der Waals surface area contributed by atoms with Crippen molar-refractivity contribution in [1.82, 2.24) is 0 Å². The number of hydrogen-bond acceptors (Lipinski definition) is 2. The largest absolute Gasteiger partial charge is 0.492 e. The Morgan fingerprint density at radius 3 is 2.55 bits per heavy atom. The predicted molar refractivity (Wildman–Crippen MR) is 86.3 cm³/mol. The maximum absolute atomic E-state index is 6.21. The molecular weight excluding hydrogens is 314 g/mol. The molecule has 2 aliphatic carbocycles. The lowest BCUT2D eigenvalue weighted by Gasteiger charge is -2.43. The molecule has 2 aliphatic rings. The van der Waals surface area contributed by atoms with E-state index in [1.807, 2.05) is 0 Å². The number of aryl methyl sites for hydroxylation is 1. The first kappa shape index (κ1) is 14.4. The molecule has 0 spiro atoms. The van der Waals surface area contributed by atoms with Crippen molar-refractivity contribution in [3.05, 3.63) is 27.7 Å². The first-order valence-electron chi connectivity index (χ1n) is 7.78. The van der Waals surface area contributed by atoms with Crippen molar-refractivity contribution in [1.29, 1.82) is 0 Å². The monoisotopic (exact) mass is 337 g/mol. The van der Waals surface area contributed by atoms with E-state index < -0.39 is 0 Å². The second kappa shape index (κ2) is 5.69. The Hall–Kier alpha value is -0.540. The molecule has 2 N–H and O–H groups in total. The molecule has 0 radical (unpaired) electrons. The molecule has 110 valence electrons. The minimum absolute atomic E-state index is 0.156. The molecule has 0 aromatic heterocycles. The van der Waals surface area contributed by atoms with E-state index in [9.17, 15) is 0 Å². The molecule has 0 bridgehead atoms. The summed E-state index contributed by atoms with van der Waals surface area (Å²) in [6.07, 6.45) is 7.67. The Morgan fingerprint density at radius 2 is 2.05 bits per heavy atom. The van der Waals surface area contributed by atoms with Gasteiger partial charge in [-0.05, 0) is 66.1 Å². The normalized spacial score (nSPS) is 21.1. The van der Waals surface area contributed by atoms with Gasteiger partial charge in [0.25, 0.3) is 0 Å². The topological polar surface area (TPSA) is 35.2 Å². The van der Waals surface area contributed by atoms with Crippen LogP contribution in [0.5, 0.6) is 5.75 Å². The van der Waals surface area contributed by atoms with E-state index in [4.69, 9.17) is 10.5 Å². The fourth-order valence-electron chi connectivity index (χ4n) is 3.32. The van der Waals surface area contributed by atoms with Crippen LogP contribution in [0.1, 0.15) is 49.7 Å². The van der Waals surface area contributed by atoms with E-state index in [1.54, 1.807) is 0 Å². The zero-order chi connectivity index (χ0) is 14.2. The van der Waals surface area contributed by atoms with E-state index in [1.165, 1.54) is 49.7 Å². The summed E-state index contributed by atoms with van der Waals surface area (Å²) in [5.41, 5.74) is 8.86. The zero-order valence-corrected chi connectivity index (χ0v) is 13.8. The molecule has 1 aromatic carbocycles. The lowest BCUT2D eigenvalue weighted by atomic mass is 9.64. The molecule has 2 nitrogen and oxygen atoms in total. The van der Waals surface area contributed by atoms with Crippen molar-refractivity contribution in [2.75, 3.05) is 13.2 Å². The van der Waals surface area contributed by atoms with Crippen LogP contribution in [-0.2, 0) is 5.41 Å². The smallest absolute Gasteiger partial charge is 0.137 e. The third-order valence-electron chi connectivity index (χ3n) is 5.15. The average Bonchev–Trinajstić information content (AvgIpc) is 2.29. The van der Waals surface area contributed by atoms with Crippen LogP contribution >= 0.6 is 15.9 Å². The zero-order valence-electron chi connectivity index (χ0n) is 12.3. The number of benzene rings is 1. The average molecular weight is 338 g/mol. The molecule has 2 fully saturated rings. The molecule has 3 rings (SSSR count). The van der Waals surface area contributed by atoms with Crippen molar-refractivity contribution in [2.45, 2.75) is 50.9 Å². The van der Waals surface area contributed by atoms with Crippen molar-refractivity contribution >= 4 is 15.9 Å². The van der Waals surface area contributed by atoms with Crippen LogP contribution in [0, 0.1) is 12.8 Å². The Kier molecular flexibility index (Phi) is 4.09. The summed E-state index contributed by atoms with van der Waals surface area (Å²) in [4.78, 5) is 0. The van der Waals surface area contributed by atoms with Gasteiger partial charge in [0.2, 0.25) is 0 Å². The van der Waals surface area contributed by atoms with E-state index >= 15 is 0 Å². The van der Waals surface area contributed by atoms with Gasteiger partial charge in [0.1, 0.15) is 5.75 Å². The third kappa shape index (κ3) is 2.50. The second-order valence-corrected chi connectivity index (χ2v) is 7.42. The van der Waals surface area contributed by atoms with Gasteiger partial charge in [-0.15, -0.1) is 0 Å². The standard InChI is InChI=1S/C17H24BrNO/c1-12-8-14(17(11-19)6-3-7-17)16(15(18)9-12)20-10-13-4-2-5-13/h8-9,13H,2-7,10-11,19H2,1H3. The van der Waals surface area contributed by atoms with Gasteiger partial charge in [0.15, 0.2) is 0 Å². The van der Waals surface area contributed by atoms with Crippen molar-refractivity contribution in [3.63, 3.8) is 0 Å². The first-order chi connectivity index (χ1) is 9.64. The Morgan fingerprint density at radius 1 is 1.30 bits per heavy atom. The maximum Gasteiger partial charge on any atom is 0.137 e. The molecule has 0 unspecified atom stereocenters. The number of nitrogens with two attached hydrogens (primary N) is 1. The molecule has 0 heterocycles. The highest BCUT2D eigenvalue weighted by Crippen LogP contribution is 2.49. The molecule has 0 atom stereocenters. The molecular formula is C17H24BrNO. The first-order valence-corrected chi connectivity index (χ1v) is 8.57. The predicted octanol–water partition coefficient (Wildman–Crippen LogP) is 4.32. The fraction of sp³-hybridized carbons (Fsp3) is 0.647. The molecule has 3 heteroatoms. The van der Waals surface area contributed by atoms with E-state index in [0.29, 0.717) is 0 Å². The highest BCUT2D eigenvalue weighted by atomic mass is 79.9. The van der Waals surface area contributed by atoms with Gasteiger partial charge in [-0.3, -0.25) is 0 Å². The number of rotatable bonds is 5. The van der Waals surface area contributed by atoms with Gasteiger partial charge in [0, 0.05) is 17.5 Å². The van der Waals surface area contributed by atoms with E-state index in [2.05, 4.69) is 35.0 Å². The van der Waals surface area contributed by atoms with Gasteiger partial charge in [-0.25, -0.2) is 0 Å². The minimum atomic E-state index is 0.156. The highest BCUT2D eigenvalue weighted by molar-refractivity contribution is 9.10. The van der Waals surface area contributed by atoms with Crippen LogP contribution in [0.15, 0.2) is 16.6 Å². The van der Waals surface area contributed by atoms with Crippen LogP contribution in [-0.4, -0.2) is 13.2 Å². The Labute approximate surface area is 130 Å². The minimum Gasteiger partial charge on any atom is -0.492 e. The summed E-state index contributed by atoms with van der Waals surface area (Å²) in [5, 5.41) is 0. The maximum atomic E-state index is 6.21. The lowest BCUT2D eigenvalue weighted by molar-refractivity contribution is 0.170. The summed E-state index contributed by atoms with van der Waals surface area (Å²) in [6.45, 7) is 3.73. The van der Waals surface area contributed by atoms with Crippen molar-refractivity contribution < 1.29 is 4.74 Å². The van der Waals surface area contributed by atoms with Gasteiger partial charge >= 0.3 is 0 Å². The van der Waals surface area contributed by atoms with E-state index in [-0.39, 0.29) is 5.41 Å². The number of ether oxygens (including phenoxy) is 1. The Balaban J connectivity index is 1.89. The summed E-state index contributed by atoms with van der Waals surface area (Å²) in [6, 6.07) is 4.44. The second-order valence-electron chi connectivity index (χ2n) is 6.57. The van der Waals surface area contributed by atoms with Gasteiger partial charge in [0.05, 0.1) is 11.1 Å². The van der Waals surface area contributed by atoms with Crippen molar-refractivity contribution in [2.24, 2.45) is 11.7 Å². The number of halogens is 1. The molecule has 20 heavy (non-hydrogen) atoms. The van der Waals surface area contributed by atoms with Crippen molar-refractivity contribution in [3.8, 4) is 5.75 Å². The van der Waals surface area contributed by atoms with Crippen LogP contribution in [0.2, 0.25) is 0 Å². The van der Waals surface area contributed by atoms with Gasteiger partial charge in [-0.1, -0.05) is 18.9 Å². The van der Waals surface area contributed by atoms with Crippen LogP contribution < -0.4 is 10.5 Å². The van der Waals surface area contributed by atoms with Gasteiger partial charge < -0.3 is 10.5 Å². The summed E-state index contributed by atoms with van der Waals surface area (Å²) in [5.74, 6) is 1.80. The summed E-state index contributed by atoms with van der Waals surface area (Å²) >= 11 is 3.70. The fourth-order valence-corrected chi connectivity index (χ4v) is 4.01. The molecule has 0 aliphatic heterocycles. The third-order valence-corrected chi connectivity index (χ3v) is 5.74. The lowest BCUT2D eigenvalue weighted by Crippen LogP contribution is -2.42. The van der Waals surface area contributed by atoms with Crippen LogP contribution in [0.4, 0.5) is 0 Å². The number of hydrogen-bond donors (Lipinski definition) is 1. The molecule has 0 saturated heterocycles. The SMILES string of the molecule is Cc1cc(Br)c(OCC2CCC2)c(C2(CN)CCC2)c1. The van der Waals surface area contributed by atoms with Crippen LogP contribution in [0.3, 0.4) is 0 Å². The quantitative estimate of drug-likeness (QED) is 0.868. The molecule has 1 aromatic rings. The summed E-state index contributed by atoms with van der Waals surface area (Å²) in [7, 11) is 0. The Bertz CT molecular complexity index is 486. The molecule has 2 saturated carbocycles.